The van der Waals surface area contributed by atoms with E-state index in [-0.39, 0.29) is 18.3 Å². The van der Waals surface area contributed by atoms with E-state index < -0.39 is 5.60 Å². The van der Waals surface area contributed by atoms with Crippen molar-refractivity contribution in [2.45, 2.75) is 25.4 Å². The molecular formula is C22H24FNO4. The number of rotatable bonds is 6. The minimum absolute atomic E-state index is 0.0523. The third kappa shape index (κ3) is 3.87. The first-order valence-corrected chi connectivity index (χ1v) is 9.07. The average molecular weight is 385 g/mol. The number of hydrogen-bond acceptors (Lipinski definition) is 4. The molecule has 1 amide bonds. The number of fused-ring (bicyclic) bond motifs is 1. The zero-order valence-electron chi connectivity index (χ0n) is 16.2. The Bertz CT molecular complexity index is 925. The maximum Gasteiger partial charge on any atom is 0.247 e. The van der Waals surface area contributed by atoms with E-state index in [1.807, 2.05) is 6.07 Å². The number of aryl methyl sites for hydroxylation is 1. The SMILES string of the molecule is COc1cc2c(cc1OC)C(O)(CNC(=O)/C(C)=C/c1ccccc1F)CC2. The minimum atomic E-state index is -1.19. The van der Waals surface area contributed by atoms with Gasteiger partial charge in [0.15, 0.2) is 11.5 Å². The Balaban J connectivity index is 1.75. The summed E-state index contributed by atoms with van der Waals surface area (Å²) in [7, 11) is 3.10. The van der Waals surface area contributed by atoms with E-state index in [1.165, 1.54) is 19.3 Å². The van der Waals surface area contributed by atoms with Crippen molar-refractivity contribution in [1.29, 1.82) is 0 Å². The van der Waals surface area contributed by atoms with Crippen molar-refractivity contribution in [2.75, 3.05) is 20.8 Å². The Hall–Kier alpha value is -2.86. The van der Waals surface area contributed by atoms with Crippen LogP contribution in [-0.2, 0) is 16.8 Å². The zero-order chi connectivity index (χ0) is 20.3. The van der Waals surface area contributed by atoms with E-state index in [1.54, 1.807) is 38.3 Å². The fraction of sp³-hybridized carbons (Fsp3) is 0.318. The highest BCUT2D eigenvalue weighted by molar-refractivity contribution is 5.97. The molecule has 148 valence electrons. The molecule has 28 heavy (non-hydrogen) atoms. The highest BCUT2D eigenvalue weighted by Crippen LogP contribution is 2.42. The van der Waals surface area contributed by atoms with Gasteiger partial charge in [-0.3, -0.25) is 4.79 Å². The molecule has 0 radical (unpaired) electrons. The van der Waals surface area contributed by atoms with Gasteiger partial charge in [0.05, 0.1) is 20.8 Å². The number of hydrogen-bond donors (Lipinski definition) is 2. The van der Waals surface area contributed by atoms with E-state index in [0.29, 0.717) is 35.5 Å². The smallest absolute Gasteiger partial charge is 0.247 e. The van der Waals surface area contributed by atoms with Gasteiger partial charge >= 0.3 is 0 Å². The number of benzene rings is 2. The van der Waals surface area contributed by atoms with Crippen LogP contribution < -0.4 is 14.8 Å². The second kappa shape index (κ2) is 8.02. The number of halogens is 1. The molecule has 0 saturated carbocycles. The molecule has 0 bridgehead atoms. The van der Waals surface area contributed by atoms with Gasteiger partial charge in [0.2, 0.25) is 5.91 Å². The van der Waals surface area contributed by atoms with E-state index in [4.69, 9.17) is 9.47 Å². The Kier molecular flexibility index (Phi) is 5.70. The summed E-state index contributed by atoms with van der Waals surface area (Å²) in [6.07, 6.45) is 2.65. The molecular weight excluding hydrogens is 361 g/mol. The monoisotopic (exact) mass is 385 g/mol. The lowest BCUT2D eigenvalue weighted by Gasteiger charge is -2.25. The maximum atomic E-state index is 13.8. The average Bonchev–Trinajstić information content (AvgIpc) is 3.03. The van der Waals surface area contributed by atoms with Gasteiger partial charge in [0, 0.05) is 11.1 Å². The first-order chi connectivity index (χ1) is 13.4. The summed E-state index contributed by atoms with van der Waals surface area (Å²) in [5.41, 5.74) is 1.20. The van der Waals surface area contributed by atoms with Crippen molar-refractivity contribution < 1.29 is 23.8 Å². The summed E-state index contributed by atoms with van der Waals surface area (Å²) >= 11 is 0. The lowest BCUT2D eigenvalue weighted by atomic mass is 9.95. The number of nitrogens with one attached hydrogen (secondary N) is 1. The molecule has 0 fully saturated rings. The third-order valence-electron chi connectivity index (χ3n) is 5.10. The summed E-state index contributed by atoms with van der Waals surface area (Å²) in [6.45, 7) is 1.67. The Morgan fingerprint density at radius 3 is 2.61 bits per heavy atom. The second-order valence-corrected chi connectivity index (χ2v) is 6.93. The molecule has 0 saturated heterocycles. The maximum absolute atomic E-state index is 13.8. The van der Waals surface area contributed by atoms with E-state index in [0.717, 1.165) is 11.1 Å². The molecule has 2 N–H and O–H groups in total. The second-order valence-electron chi connectivity index (χ2n) is 6.93. The van der Waals surface area contributed by atoms with E-state index >= 15 is 0 Å². The summed E-state index contributed by atoms with van der Waals surface area (Å²) in [5.74, 6) is 0.395. The van der Waals surface area contributed by atoms with Crippen LogP contribution in [0.2, 0.25) is 0 Å². The van der Waals surface area contributed by atoms with Crippen LogP contribution >= 0.6 is 0 Å². The zero-order valence-corrected chi connectivity index (χ0v) is 16.2. The molecule has 2 aromatic rings. The summed E-state index contributed by atoms with van der Waals surface area (Å²) in [4.78, 5) is 12.4. The Labute approximate surface area is 163 Å². The highest BCUT2D eigenvalue weighted by Gasteiger charge is 2.38. The molecule has 6 heteroatoms. The summed E-state index contributed by atoms with van der Waals surface area (Å²) in [5, 5.41) is 13.9. The van der Waals surface area contributed by atoms with Crippen LogP contribution in [0.25, 0.3) is 6.08 Å². The molecule has 0 aliphatic heterocycles. The van der Waals surface area contributed by atoms with E-state index in [9.17, 15) is 14.3 Å². The number of carbonyl (C=O) groups is 1. The van der Waals surface area contributed by atoms with Crippen LogP contribution in [0.15, 0.2) is 42.0 Å². The van der Waals surface area contributed by atoms with Gasteiger partial charge in [0.1, 0.15) is 11.4 Å². The standard InChI is InChI=1S/C22H24FNO4/c1-14(10-16-6-4-5-7-18(16)23)21(25)24-13-22(26)9-8-15-11-19(27-2)20(28-3)12-17(15)22/h4-7,10-12,26H,8-9,13H2,1-3H3,(H,24,25)/b14-10+. The molecule has 1 aliphatic rings. The lowest BCUT2D eigenvalue weighted by Crippen LogP contribution is -2.39. The number of methoxy groups -OCH3 is 2. The van der Waals surface area contributed by atoms with Gasteiger partial charge in [-0.15, -0.1) is 0 Å². The van der Waals surface area contributed by atoms with Gasteiger partial charge < -0.3 is 19.9 Å². The van der Waals surface area contributed by atoms with Gasteiger partial charge in [-0.25, -0.2) is 4.39 Å². The minimum Gasteiger partial charge on any atom is -0.493 e. The van der Waals surface area contributed by atoms with Crippen molar-refractivity contribution in [2.24, 2.45) is 0 Å². The molecule has 0 aromatic heterocycles. The topological polar surface area (TPSA) is 67.8 Å². The Morgan fingerprint density at radius 1 is 1.25 bits per heavy atom. The molecule has 0 spiro atoms. The lowest BCUT2D eigenvalue weighted by molar-refractivity contribution is -0.118. The fourth-order valence-electron chi connectivity index (χ4n) is 3.48. The molecule has 3 rings (SSSR count). The van der Waals surface area contributed by atoms with Crippen LogP contribution in [0.5, 0.6) is 11.5 Å². The number of amides is 1. The number of carbonyl (C=O) groups excluding carboxylic acids is 1. The van der Waals surface area contributed by atoms with Crippen LogP contribution in [0, 0.1) is 5.82 Å². The largest absolute Gasteiger partial charge is 0.493 e. The predicted molar refractivity (Wildman–Crippen MR) is 105 cm³/mol. The molecule has 2 aromatic carbocycles. The summed E-state index contributed by atoms with van der Waals surface area (Å²) in [6, 6.07) is 9.87. The van der Waals surface area contributed by atoms with Crippen molar-refractivity contribution in [3.8, 4) is 11.5 Å². The van der Waals surface area contributed by atoms with Crippen molar-refractivity contribution in [1.82, 2.24) is 5.32 Å². The van der Waals surface area contributed by atoms with Gasteiger partial charge in [-0.05, 0) is 55.2 Å². The van der Waals surface area contributed by atoms with Crippen molar-refractivity contribution in [3.63, 3.8) is 0 Å². The van der Waals surface area contributed by atoms with Crippen molar-refractivity contribution in [3.05, 3.63) is 64.5 Å². The van der Waals surface area contributed by atoms with Gasteiger partial charge in [-0.2, -0.15) is 0 Å². The fourth-order valence-corrected chi connectivity index (χ4v) is 3.48. The number of ether oxygens (including phenoxy) is 2. The first-order valence-electron chi connectivity index (χ1n) is 9.07. The molecule has 0 heterocycles. The molecule has 1 unspecified atom stereocenters. The molecule has 5 nitrogen and oxygen atoms in total. The predicted octanol–water partition coefficient (Wildman–Crippen LogP) is 3.20. The van der Waals surface area contributed by atoms with Gasteiger partial charge in [0.25, 0.3) is 0 Å². The number of aliphatic hydroxyl groups is 1. The first kappa shape index (κ1) is 19.9. The third-order valence-corrected chi connectivity index (χ3v) is 5.10. The van der Waals surface area contributed by atoms with Gasteiger partial charge in [-0.1, -0.05) is 18.2 Å². The van der Waals surface area contributed by atoms with Crippen molar-refractivity contribution >= 4 is 12.0 Å². The summed E-state index contributed by atoms with van der Waals surface area (Å²) < 4.78 is 24.4. The quantitative estimate of drug-likeness (QED) is 0.750. The van der Waals surface area contributed by atoms with Crippen LogP contribution in [0.3, 0.4) is 0 Å². The van der Waals surface area contributed by atoms with Crippen LogP contribution in [0.1, 0.15) is 30.0 Å². The van der Waals surface area contributed by atoms with Crippen LogP contribution in [-0.4, -0.2) is 31.8 Å². The van der Waals surface area contributed by atoms with Crippen LogP contribution in [0.4, 0.5) is 4.39 Å². The molecule has 1 atom stereocenters. The Morgan fingerprint density at radius 2 is 1.93 bits per heavy atom. The highest BCUT2D eigenvalue weighted by atomic mass is 19.1. The van der Waals surface area contributed by atoms with E-state index in [2.05, 4.69) is 5.32 Å². The normalized spacial score (nSPS) is 18.5. The molecule has 1 aliphatic carbocycles.